The number of pyridine rings is 1. The van der Waals surface area contributed by atoms with Gasteiger partial charge in [0.05, 0.1) is 23.6 Å². The summed E-state index contributed by atoms with van der Waals surface area (Å²) in [4.78, 5) is 13.4. The van der Waals surface area contributed by atoms with Gasteiger partial charge in [-0.05, 0) is 42.3 Å². The molecule has 0 saturated heterocycles. The zero-order valence-corrected chi connectivity index (χ0v) is 24.9. The molecule has 216 valence electrons. The molecule has 42 heavy (non-hydrogen) atoms. The van der Waals surface area contributed by atoms with Crippen molar-refractivity contribution in [1.82, 2.24) is 29.7 Å². The van der Waals surface area contributed by atoms with Crippen LogP contribution in [-0.4, -0.2) is 30.4 Å². The first kappa shape index (κ1) is 27.5. The number of benzene rings is 2. The molecule has 5 aromatic rings. The predicted molar refractivity (Wildman–Crippen MR) is 163 cm³/mol. The minimum atomic E-state index is -0.295. The largest absolute Gasteiger partial charge is 0.484 e. The highest BCUT2D eigenvalue weighted by atomic mass is 16.5. The number of hydrogen-bond donors (Lipinski definition) is 2. The number of carbonyl (C=O) groups is 1. The second-order valence-corrected chi connectivity index (χ2v) is 12.3. The molecule has 1 aliphatic rings. The number of nitrogens with one attached hydrogen (secondary N) is 2. The quantitative estimate of drug-likeness (QED) is 0.231. The van der Waals surface area contributed by atoms with Crippen molar-refractivity contribution in [2.45, 2.75) is 71.4 Å². The molecule has 3 heterocycles. The van der Waals surface area contributed by atoms with E-state index in [9.17, 15) is 4.79 Å². The molecule has 6 rings (SSSR count). The molecule has 2 amide bonds. The number of aryl methyl sites for hydroxylation is 1. The summed E-state index contributed by atoms with van der Waals surface area (Å²) in [5.74, 6) is 2.46. The number of aromatic nitrogens is 5. The van der Waals surface area contributed by atoms with Crippen LogP contribution in [0, 0.1) is 6.92 Å². The Morgan fingerprint density at radius 3 is 2.45 bits per heavy atom. The molecule has 2 aromatic carbocycles. The number of urea groups is 1. The van der Waals surface area contributed by atoms with Crippen LogP contribution in [0.25, 0.3) is 11.3 Å². The number of fused-ring (bicyclic) bond motifs is 2. The monoisotopic (exact) mass is 563 g/mol. The van der Waals surface area contributed by atoms with Crippen LogP contribution in [0.1, 0.15) is 87.3 Å². The van der Waals surface area contributed by atoms with Gasteiger partial charge in [0.2, 0.25) is 0 Å². The van der Waals surface area contributed by atoms with Gasteiger partial charge in [-0.15, -0.1) is 10.2 Å². The maximum Gasteiger partial charge on any atom is 0.320 e. The van der Waals surface area contributed by atoms with Gasteiger partial charge in [0.1, 0.15) is 23.5 Å². The van der Waals surface area contributed by atoms with Gasteiger partial charge in [-0.1, -0.05) is 76.6 Å². The van der Waals surface area contributed by atoms with Crippen LogP contribution in [0.15, 0.2) is 72.9 Å². The van der Waals surface area contributed by atoms with E-state index in [0.717, 1.165) is 45.3 Å². The van der Waals surface area contributed by atoms with Crippen molar-refractivity contribution in [2.75, 3.05) is 5.32 Å². The van der Waals surface area contributed by atoms with E-state index in [1.807, 2.05) is 72.1 Å². The summed E-state index contributed by atoms with van der Waals surface area (Å²) in [6, 6.07) is 21.5. The first-order valence-electron chi connectivity index (χ1n) is 14.4. The van der Waals surface area contributed by atoms with Crippen molar-refractivity contribution in [2.24, 2.45) is 0 Å². The lowest BCUT2D eigenvalue weighted by molar-refractivity contribution is 0.194. The van der Waals surface area contributed by atoms with Gasteiger partial charge in [-0.3, -0.25) is 9.72 Å². The summed E-state index contributed by atoms with van der Waals surface area (Å²) >= 11 is 0. The third kappa shape index (κ3) is 5.34. The zero-order chi connectivity index (χ0) is 29.6. The van der Waals surface area contributed by atoms with Gasteiger partial charge in [0, 0.05) is 23.8 Å². The summed E-state index contributed by atoms with van der Waals surface area (Å²) in [6.07, 6.45) is 2.34. The Balaban J connectivity index is 1.22. The third-order valence-electron chi connectivity index (χ3n) is 7.67. The van der Waals surface area contributed by atoms with Crippen molar-refractivity contribution >= 4 is 17.5 Å². The first-order valence-corrected chi connectivity index (χ1v) is 14.4. The van der Waals surface area contributed by atoms with Crippen LogP contribution in [0.4, 0.5) is 10.6 Å². The normalized spacial score (nSPS) is 16.5. The molecule has 0 aliphatic heterocycles. The Hall–Kier alpha value is -4.66. The number of hydrogen-bond acceptors (Lipinski definition) is 5. The van der Waals surface area contributed by atoms with Crippen LogP contribution in [-0.2, 0) is 5.41 Å². The lowest BCUT2D eigenvalue weighted by Crippen LogP contribution is -2.32. The first-order chi connectivity index (χ1) is 20.1. The van der Waals surface area contributed by atoms with Gasteiger partial charge >= 0.3 is 6.03 Å². The van der Waals surface area contributed by atoms with Gasteiger partial charge < -0.3 is 10.1 Å². The smallest absolute Gasteiger partial charge is 0.320 e. The van der Waals surface area contributed by atoms with Crippen LogP contribution < -0.4 is 15.4 Å². The van der Waals surface area contributed by atoms with Crippen LogP contribution >= 0.6 is 0 Å². The third-order valence-corrected chi connectivity index (χ3v) is 7.67. The predicted octanol–water partition coefficient (Wildman–Crippen LogP) is 7.03. The molecular formula is C33H37N7O2. The Labute approximate surface area is 245 Å². The van der Waals surface area contributed by atoms with Crippen LogP contribution in [0.3, 0.4) is 0 Å². The Morgan fingerprint density at radius 2 is 1.74 bits per heavy atom. The number of rotatable bonds is 6. The molecule has 2 N–H and O–H groups in total. The molecule has 0 unspecified atom stereocenters. The van der Waals surface area contributed by atoms with Gasteiger partial charge in [0.15, 0.2) is 5.65 Å². The Morgan fingerprint density at radius 1 is 1.00 bits per heavy atom. The summed E-state index contributed by atoms with van der Waals surface area (Å²) in [5.41, 5.74) is 5.66. The van der Waals surface area contributed by atoms with Gasteiger partial charge in [0.25, 0.3) is 0 Å². The van der Waals surface area contributed by atoms with Gasteiger partial charge in [-0.2, -0.15) is 5.10 Å². The van der Waals surface area contributed by atoms with Crippen molar-refractivity contribution in [3.63, 3.8) is 0 Å². The fourth-order valence-electron chi connectivity index (χ4n) is 5.38. The average Bonchev–Trinajstić information content (AvgIpc) is 3.65. The van der Waals surface area contributed by atoms with Crippen molar-refractivity contribution in [3.05, 3.63) is 101 Å². The van der Waals surface area contributed by atoms with E-state index in [4.69, 9.17) is 9.84 Å². The highest BCUT2D eigenvalue weighted by Crippen LogP contribution is 2.41. The van der Waals surface area contributed by atoms with Gasteiger partial charge in [-0.25, -0.2) is 9.48 Å². The minimum absolute atomic E-state index is 0.177. The minimum Gasteiger partial charge on any atom is -0.484 e. The van der Waals surface area contributed by atoms with E-state index in [-0.39, 0.29) is 29.5 Å². The average molecular weight is 564 g/mol. The topological polar surface area (TPSA) is 98.4 Å². The molecule has 2 atom stereocenters. The maximum absolute atomic E-state index is 13.4. The molecular weight excluding hydrogens is 526 g/mol. The molecule has 0 saturated carbocycles. The molecule has 0 bridgehead atoms. The van der Waals surface area contributed by atoms with E-state index in [1.165, 1.54) is 0 Å². The fourth-order valence-corrected chi connectivity index (χ4v) is 5.38. The van der Waals surface area contributed by atoms with E-state index >= 15 is 0 Å². The maximum atomic E-state index is 13.4. The number of carbonyl (C=O) groups excluding carboxylic acids is 1. The highest BCUT2D eigenvalue weighted by molar-refractivity contribution is 5.89. The zero-order valence-electron chi connectivity index (χ0n) is 24.9. The lowest BCUT2D eigenvalue weighted by Gasteiger charge is -2.17. The van der Waals surface area contributed by atoms with Crippen molar-refractivity contribution < 1.29 is 9.53 Å². The summed E-state index contributed by atoms with van der Waals surface area (Å²) < 4.78 is 10.3. The molecule has 1 aliphatic carbocycles. The van der Waals surface area contributed by atoms with Crippen LogP contribution in [0.5, 0.6) is 5.75 Å². The molecule has 0 fully saturated rings. The second-order valence-electron chi connectivity index (χ2n) is 12.3. The lowest BCUT2D eigenvalue weighted by atomic mass is 9.92. The second kappa shape index (κ2) is 10.6. The van der Waals surface area contributed by atoms with E-state index in [0.29, 0.717) is 12.2 Å². The van der Waals surface area contributed by atoms with Crippen LogP contribution in [0.2, 0.25) is 0 Å². The van der Waals surface area contributed by atoms with Crippen molar-refractivity contribution in [1.29, 1.82) is 0 Å². The van der Waals surface area contributed by atoms with Crippen molar-refractivity contribution in [3.8, 4) is 11.4 Å². The Kier molecular flexibility index (Phi) is 6.96. The molecule has 9 nitrogen and oxygen atoms in total. The molecule has 9 heteroatoms. The number of nitrogens with zero attached hydrogens (tertiary/aromatic N) is 5. The number of ether oxygens (including phenoxy) is 1. The summed E-state index contributed by atoms with van der Waals surface area (Å²) in [7, 11) is 0. The van der Waals surface area contributed by atoms with E-state index in [2.05, 4.69) is 67.6 Å². The fraction of sp³-hybridized carbons (Fsp3) is 0.333. The highest BCUT2D eigenvalue weighted by Gasteiger charge is 2.33. The molecule has 0 radical (unpaired) electrons. The standard InChI is InChI=1S/C33H37N7O2/c1-20(2)31-37-36-29-16-15-23(19-39(29)31)42-27-17-26(24-9-7-8-10-25(24)27)34-32(41)35-30-18-28(33(4,5)6)38-40(30)22-13-11-21(3)12-14-22/h7-16,18-20,26-27H,17H2,1-6H3,(H2,34,35,41)/t26-,27+/m0/s1. The van der Waals surface area contributed by atoms with E-state index < -0.39 is 0 Å². The van der Waals surface area contributed by atoms with E-state index in [1.54, 1.807) is 4.68 Å². The number of amides is 2. The summed E-state index contributed by atoms with van der Waals surface area (Å²) in [6.45, 7) is 12.6. The molecule has 0 spiro atoms. The number of anilines is 1. The SMILES string of the molecule is Cc1ccc(-n2nc(C(C)(C)C)cc2NC(=O)N[C@H]2C[C@@H](Oc3ccc4nnc(C(C)C)n4c3)c3ccccc32)cc1. The Bertz CT molecular complexity index is 1740. The summed E-state index contributed by atoms with van der Waals surface area (Å²) in [5, 5.41) is 19.7. The molecule has 3 aromatic heterocycles.